The predicted octanol–water partition coefficient (Wildman–Crippen LogP) is 4.52. The number of hydrogen-bond donors (Lipinski definition) is 1. The van der Waals surface area contributed by atoms with Gasteiger partial charge in [-0.2, -0.15) is 0 Å². The first-order chi connectivity index (χ1) is 8.58. The highest BCUT2D eigenvalue weighted by atomic mass is 79.9. The minimum Gasteiger partial charge on any atom is -0.388 e. The van der Waals surface area contributed by atoms with Crippen LogP contribution < -0.4 is 0 Å². The Balaban J connectivity index is 2.21. The van der Waals surface area contributed by atoms with Gasteiger partial charge in [0.15, 0.2) is 0 Å². The molecule has 0 saturated heterocycles. The largest absolute Gasteiger partial charge is 0.388 e. The maximum Gasteiger partial charge on any atom is 0.129 e. The lowest BCUT2D eigenvalue weighted by atomic mass is 10.0. The van der Waals surface area contributed by atoms with Crippen molar-refractivity contribution in [2.45, 2.75) is 12.5 Å². The van der Waals surface area contributed by atoms with Crippen LogP contribution >= 0.6 is 27.5 Å². The second-order valence-corrected chi connectivity index (χ2v) is 5.30. The lowest BCUT2D eigenvalue weighted by Crippen LogP contribution is -2.04. The van der Waals surface area contributed by atoms with Crippen molar-refractivity contribution in [2.24, 2.45) is 0 Å². The number of halogens is 3. The molecule has 0 aromatic heterocycles. The third-order valence-corrected chi connectivity index (χ3v) is 3.54. The molecule has 0 fully saturated rings. The predicted molar refractivity (Wildman–Crippen MR) is 74.2 cm³/mol. The van der Waals surface area contributed by atoms with E-state index in [1.807, 2.05) is 12.1 Å². The Bertz CT molecular complexity index is 559. The maximum absolute atomic E-state index is 13.5. The summed E-state index contributed by atoms with van der Waals surface area (Å²) in [4.78, 5) is 0. The van der Waals surface area contributed by atoms with E-state index in [9.17, 15) is 9.50 Å². The van der Waals surface area contributed by atoms with Crippen LogP contribution in [0.15, 0.2) is 46.9 Å². The topological polar surface area (TPSA) is 20.2 Å². The van der Waals surface area contributed by atoms with Crippen molar-refractivity contribution in [2.75, 3.05) is 0 Å². The van der Waals surface area contributed by atoms with Gasteiger partial charge in [0.25, 0.3) is 0 Å². The molecule has 2 aromatic rings. The average Bonchev–Trinajstić information content (AvgIpc) is 2.33. The molecule has 0 spiro atoms. The molecule has 1 nitrogen and oxygen atoms in total. The van der Waals surface area contributed by atoms with Crippen LogP contribution in [0.2, 0.25) is 5.02 Å². The van der Waals surface area contributed by atoms with Gasteiger partial charge in [0.1, 0.15) is 5.82 Å². The molecule has 0 bridgehead atoms. The normalized spacial score (nSPS) is 12.4. The molecule has 0 aliphatic rings. The summed E-state index contributed by atoms with van der Waals surface area (Å²) >= 11 is 9.38. The Morgan fingerprint density at radius 1 is 1.22 bits per heavy atom. The minimum atomic E-state index is -0.898. The van der Waals surface area contributed by atoms with Crippen molar-refractivity contribution >= 4 is 27.5 Å². The second-order valence-electron chi connectivity index (χ2n) is 3.98. The quantitative estimate of drug-likeness (QED) is 0.878. The Hall–Kier alpha value is -0.900. The fourth-order valence-electron chi connectivity index (χ4n) is 1.75. The number of aliphatic hydroxyl groups excluding tert-OH is 1. The van der Waals surface area contributed by atoms with Crippen molar-refractivity contribution in [3.8, 4) is 0 Å². The number of aliphatic hydroxyl groups is 1. The summed E-state index contributed by atoms with van der Waals surface area (Å²) in [6.07, 6.45) is -0.613. The van der Waals surface area contributed by atoms with Crippen molar-refractivity contribution < 1.29 is 9.50 Å². The first-order valence-electron chi connectivity index (χ1n) is 5.44. The van der Waals surface area contributed by atoms with Gasteiger partial charge in [-0.3, -0.25) is 0 Å². The van der Waals surface area contributed by atoms with Gasteiger partial charge in [-0.05, 0) is 23.8 Å². The van der Waals surface area contributed by atoms with Crippen LogP contribution in [0.25, 0.3) is 0 Å². The van der Waals surface area contributed by atoms with E-state index in [-0.39, 0.29) is 12.0 Å². The Morgan fingerprint density at radius 3 is 2.61 bits per heavy atom. The molecule has 18 heavy (non-hydrogen) atoms. The van der Waals surface area contributed by atoms with Gasteiger partial charge in [-0.15, -0.1) is 0 Å². The van der Waals surface area contributed by atoms with Crippen molar-refractivity contribution in [1.82, 2.24) is 0 Å². The lowest BCUT2D eigenvalue weighted by molar-refractivity contribution is 0.173. The van der Waals surface area contributed by atoms with E-state index in [1.165, 1.54) is 6.07 Å². The maximum atomic E-state index is 13.5. The molecule has 0 radical (unpaired) electrons. The van der Waals surface area contributed by atoms with E-state index in [0.717, 1.165) is 10.0 Å². The molecule has 1 unspecified atom stereocenters. The molecule has 0 saturated carbocycles. The van der Waals surface area contributed by atoms with Crippen LogP contribution in [0.5, 0.6) is 0 Å². The fourth-order valence-corrected chi connectivity index (χ4v) is 2.50. The smallest absolute Gasteiger partial charge is 0.129 e. The van der Waals surface area contributed by atoms with E-state index in [2.05, 4.69) is 15.9 Å². The summed E-state index contributed by atoms with van der Waals surface area (Å²) in [5.74, 6) is -0.404. The summed E-state index contributed by atoms with van der Waals surface area (Å²) in [6.45, 7) is 0. The van der Waals surface area contributed by atoms with E-state index in [1.54, 1.807) is 24.3 Å². The van der Waals surface area contributed by atoms with E-state index < -0.39 is 11.9 Å². The summed E-state index contributed by atoms with van der Waals surface area (Å²) in [5.41, 5.74) is 1.08. The van der Waals surface area contributed by atoms with Crippen LogP contribution in [-0.4, -0.2) is 5.11 Å². The summed E-state index contributed by atoms with van der Waals surface area (Å²) < 4.78 is 14.4. The summed E-state index contributed by atoms with van der Waals surface area (Å²) in [6, 6.07) is 11.6. The minimum absolute atomic E-state index is 0.285. The van der Waals surface area contributed by atoms with Gasteiger partial charge in [0, 0.05) is 21.5 Å². The average molecular weight is 330 g/mol. The molecular formula is C14H11BrClFO. The SMILES string of the molecule is OC(Cc1ccc(Br)cc1Cl)c1ccccc1F. The van der Waals surface area contributed by atoms with Crippen molar-refractivity contribution in [3.05, 3.63) is 68.9 Å². The number of benzene rings is 2. The van der Waals surface area contributed by atoms with E-state index >= 15 is 0 Å². The highest BCUT2D eigenvalue weighted by Gasteiger charge is 2.14. The van der Waals surface area contributed by atoms with Crippen LogP contribution in [0, 0.1) is 5.82 Å². The summed E-state index contributed by atoms with van der Waals surface area (Å²) in [5, 5.41) is 10.6. The Labute approximate surface area is 118 Å². The third-order valence-electron chi connectivity index (χ3n) is 2.69. The van der Waals surface area contributed by atoms with E-state index in [4.69, 9.17) is 11.6 Å². The Kier molecular flexibility index (Phi) is 4.38. The molecule has 1 atom stereocenters. The highest BCUT2D eigenvalue weighted by Crippen LogP contribution is 2.27. The molecule has 4 heteroatoms. The van der Waals surface area contributed by atoms with Gasteiger partial charge < -0.3 is 5.11 Å². The summed E-state index contributed by atoms with van der Waals surface area (Å²) in [7, 11) is 0. The molecule has 0 amide bonds. The third kappa shape index (κ3) is 3.10. The van der Waals surface area contributed by atoms with Gasteiger partial charge >= 0.3 is 0 Å². The van der Waals surface area contributed by atoms with Gasteiger partial charge in [0.05, 0.1) is 6.10 Å². The monoisotopic (exact) mass is 328 g/mol. The second kappa shape index (κ2) is 5.83. The van der Waals surface area contributed by atoms with Crippen LogP contribution in [0.1, 0.15) is 17.2 Å². The molecular weight excluding hydrogens is 319 g/mol. The van der Waals surface area contributed by atoms with Gasteiger partial charge in [0.2, 0.25) is 0 Å². The molecule has 2 rings (SSSR count). The fraction of sp³-hybridized carbons (Fsp3) is 0.143. The zero-order valence-electron chi connectivity index (χ0n) is 9.41. The first kappa shape index (κ1) is 13.5. The molecule has 0 aliphatic heterocycles. The number of hydrogen-bond acceptors (Lipinski definition) is 1. The highest BCUT2D eigenvalue weighted by molar-refractivity contribution is 9.10. The number of rotatable bonds is 3. The zero-order chi connectivity index (χ0) is 13.1. The first-order valence-corrected chi connectivity index (χ1v) is 6.61. The van der Waals surface area contributed by atoms with Crippen molar-refractivity contribution in [3.63, 3.8) is 0 Å². The lowest BCUT2D eigenvalue weighted by Gasteiger charge is -2.13. The van der Waals surface area contributed by atoms with Crippen LogP contribution in [0.4, 0.5) is 4.39 Å². The Morgan fingerprint density at radius 2 is 1.94 bits per heavy atom. The van der Waals surface area contributed by atoms with Gasteiger partial charge in [-0.1, -0.05) is 51.8 Å². The van der Waals surface area contributed by atoms with Crippen molar-refractivity contribution in [1.29, 1.82) is 0 Å². The molecule has 2 aromatic carbocycles. The molecule has 0 aliphatic carbocycles. The van der Waals surface area contributed by atoms with Crippen LogP contribution in [0.3, 0.4) is 0 Å². The van der Waals surface area contributed by atoms with Gasteiger partial charge in [-0.25, -0.2) is 4.39 Å². The molecule has 1 N–H and O–H groups in total. The van der Waals surface area contributed by atoms with Crippen LogP contribution in [-0.2, 0) is 6.42 Å². The standard InChI is InChI=1S/C14H11BrClFO/c15-10-6-5-9(12(16)8-10)7-14(18)11-3-1-2-4-13(11)17/h1-6,8,14,18H,7H2. The molecule has 94 valence electrons. The molecule has 0 heterocycles. The zero-order valence-corrected chi connectivity index (χ0v) is 11.7. The van der Waals surface area contributed by atoms with E-state index in [0.29, 0.717) is 5.02 Å².